The molecule has 20 heteroatoms. The Hall–Kier alpha value is -3.97. The molecule has 0 saturated carbocycles. The standard InChI is InChI=1S/C27H25F13N2O5/c1-2-46-20(21(43)44)11-15-3-7-18(8-4-15)47-10-9-42(22(45)41-13-16-5-6-17(28)12-19(16)29)14-23(30,31)24(32,33)25(34,35)26(36,37)27(38,39)40/h3-8,12,20H,2,9-11,13-14H2,1H3,(H,41,45)(H,43,44). The van der Waals surface area contributed by atoms with Gasteiger partial charge in [-0.3, -0.25) is 0 Å². The molecule has 0 spiro atoms. The number of benzene rings is 2. The third-order valence-corrected chi connectivity index (χ3v) is 6.34. The van der Waals surface area contributed by atoms with Crippen LogP contribution in [0.5, 0.6) is 5.75 Å². The number of carboxylic acid groups (broad SMARTS) is 1. The molecule has 0 saturated heterocycles. The average molecular weight is 704 g/mol. The molecular weight excluding hydrogens is 679 g/mol. The van der Waals surface area contributed by atoms with Gasteiger partial charge in [-0.25, -0.2) is 18.4 Å². The number of halogens is 13. The van der Waals surface area contributed by atoms with Gasteiger partial charge in [-0.2, -0.15) is 48.3 Å². The molecule has 2 aromatic rings. The molecule has 2 N–H and O–H groups in total. The van der Waals surface area contributed by atoms with Crippen LogP contribution in [-0.2, 0) is 22.5 Å². The Balaban J connectivity index is 2.28. The van der Waals surface area contributed by atoms with E-state index in [9.17, 15) is 66.7 Å². The molecule has 0 bridgehead atoms. The van der Waals surface area contributed by atoms with Crippen LogP contribution >= 0.6 is 0 Å². The van der Waals surface area contributed by atoms with Crippen LogP contribution in [0.4, 0.5) is 61.9 Å². The molecule has 47 heavy (non-hydrogen) atoms. The minimum absolute atomic E-state index is 0.0778. The van der Waals surface area contributed by atoms with E-state index >= 15 is 0 Å². The van der Waals surface area contributed by atoms with Gasteiger partial charge in [-0.15, -0.1) is 0 Å². The van der Waals surface area contributed by atoms with E-state index in [1.165, 1.54) is 24.3 Å². The maximum Gasteiger partial charge on any atom is 0.460 e. The first kappa shape index (κ1) is 39.2. The number of ether oxygens (including phenoxy) is 2. The number of amides is 2. The zero-order chi connectivity index (χ0) is 36.0. The molecule has 264 valence electrons. The highest BCUT2D eigenvalue weighted by atomic mass is 19.4. The smallest absolute Gasteiger partial charge is 0.460 e. The number of carbonyl (C=O) groups is 2. The Bertz CT molecular complexity index is 1370. The first-order valence-electron chi connectivity index (χ1n) is 13.1. The van der Waals surface area contributed by atoms with E-state index in [4.69, 9.17) is 14.6 Å². The van der Waals surface area contributed by atoms with Crippen LogP contribution in [0.15, 0.2) is 42.5 Å². The van der Waals surface area contributed by atoms with Crippen molar-refractivity contribution in [2.24, 2.45) is 0 Å². The van der Waals surface area contributed by atoms with Crippen LogP contribution in [0.1, 0.15) is 18.1 Å². The van der Waals surface area contributed by atoms with Crippen LogP contribution < -0.4 is 10.1 Å². The Morgan fingerprint density at radius 2 is 1.47 bits per heavy atom. The SMILES string of the molecule is CCOC(Cc1ccc(OCCN(CC(F)(F)C(F)(F)C(F)(F)C(F)(F)C(F)(F)F)C(=O)NCc2ccc(F)cc2F)cc1)C(=O)O. The van der Waals surface area contributed by atoms with Crippen LogP contribution in [0.3, 0.4) is 0 Å². The number of hydrogen-bond acceptors (Lipinski definition) is 4. The van der Waals surface area contributed by atoms with Gasteiger partial charge in [-0.1, -0.05) is 18.2 Å². The molecule has 1 atom stereocenters. The predicted molar refractivity (Wildman–Crippen MR) is 135 cm³/mol. The van der Waals surface area contributed by atoms with Gasteiger partial charge in [0, 0.05) is 31.2 Å². The molecule has 0 aliphatic heterocycles. The van der Waals surface area contributed by atoms with Crippen molar-refractivity contribution >= 4 is 12.0 Å². The number of urea groups is 1. The predicted octanol–water partition coefficient (Wildman–Crippen LogP) is 6.69. The lowest BCUT2D eigenvalue weighted by Gasteiger charge is -2.38. The van der Waals surface area contributed by atoms with Crippen molar-refractivity contribution < 1.29 is 81.2 Å². The van der Waals surface area contributed by atoms with Gasteiger partial charge in [-0.05, 0) is 30.7 Å². The Morgan fingerprint density at radius 1 is 0.872 bits per heavy atom. The van der Waals surface area contributed by atoms with Gasteiger partial charge in [0.05, 0.1) is 13.1 Å². The van der Waals surface area contributed by atoms with Gasteiger partial charge >= 0.3 is 41.9 Å². The summed E-state index contributed by atoms with van der Waals surface area (Å²) in [5, 5.41) is 10.9. The summed E-state index contributed by atoms with van der Waals surface area (Å²) < 4.78 is 186. The molecule has 0 fully saturated rings. The number of alkyl halides is 11. The summed E-state index contributed by atoms with van der Waals surface area (Å²) in [5.74, 6) is -32.9. The molecule has 0 heterocycles. The zero-order valence-electron chi connectivity index (χ0n) is 23.8. The minimum Gasteiger partial charge on any atom is -0.492 e. The molecule has 2 rings (SSSR count). The molecular formula is C27H25F13N2O5. The largest absolute Gasteiger partial charge is 0.492 e. The molecule has 1 unspecified atom stereocenters. The molecule has 0 aromatic heterocycles. The lowest BCUT2D eigenvalue weighted by molar-refractivity contribution is -0.422. The van der Waals surface area contributed by atoms with E-state index in [1.54, 1.807) is 12.2 Å². The second-order valence-electron chi connectivity index (χ2n) is 9.72. The molecule has 0 aliphatic carbocycles. The van der Waals surface area contributed by atoms with Crippen molar-refractivity contribution in [3.05, 3.63) is 65.2 Å². The van der Waals surface area contributed by atoms with Crippen molar-refractivity contribution in [3.63, 3.8) is 0 Å². The fraction of sp³-hybridized carbons (Fsp3) is 0.481. The second-order valence-corrected chi connectivity index (χ2v) is 9.72. The lowest BCUT2D eigenvalue weighted by Crippen LogP contribution is -2.68. The van der Waals surface area contributed by atoms with Crippen LogP contribution in [0.2, 0.25) is 0 Å². The summed E-state index contributed by atoms with van der Waals surface area (Å²) in [6.45, 7) is -4.28. The van der Waals surface area contributed by atoms with Crippen molar-refractivity contribution in [1.82, 2.24) is 10.2 Å². The summed E-state index contributed by atoms with van der Waals surface area (Å²) >= 11 is 0. The van der Waals surface area contributed by atoms with E-state index in [2.05, 4.69) is 0 Å². The molecule has 0 radical (unpaired) electrons. The van der Waals surface area contributed by atoms with Crippen molar-refractivity contribution in [1.29, 1.82) is 0 Å². The Morgan fingerprint density at radius 3 is 1.98 bits per heavy atom. The fourth-order valence-electron chi connectivity index (χ4n) is 3.77. The van der Waals surface area contributed by atoms with E-state index in [1.807, 2.05) is 0 Å². The maximum absolute atomic E-state index is 14.6. The average Bonchev–Trinajstić information content (AvgIpc) is 2.95. The molecule has 2 aromatic carbocycles. The summed E-state index contributed by atoms with van der Waals surface area (Å²) in [5.41, 5.74) is -0.0790. The molecule has 2 amide bonds. The first-order valence-corrected chi connectivity index (χ1v) is 13.1. The van der Waals surface area contributed by atoms with E-state index < -0.39 is 91.4 Å². The lowest BCUT2D eigenvalue weighted by atomic mass is 9.97. The van der Waals surface area contributed by atoms with Gasteiger partial charge in [0.15, 0.2) is 6.10 Å². The van der Waals surface area contributed by atoms with Gasteiger partial charge in [0.1, 0.15) is 24.0 Å². The number of nitrogens with one attached hydrogen (secondary N) is 1. The maximum atomic E-state index is 14.6. The first-order chi connectivity index (χ1) is 21.5. The molecule has 7 nitrogen and oxygen atoms in total. The van der Waals surface area contributed by atoms with Crippen molar-refractivity contribution in [2.75, 3.05) is 26.3 Å². The number of carbonyl (C=O) groups excluding carboxylic acids is 1. The number of carboxylic acids is 1. The highest BCUT2D eigenvalue weighted by molar-refractivity contribution is 5.74. The van der Waals surface area contributed by atoms with E-state index in [0.717, 1.165) is 6.07 Å². The summed E-state index contributed by atoms with van der Waals surface area (Å²) in [6.07, 6.45) is -8.70. The zero-order valence-corrected chi connectivity index (χ0v) is 23.8. The van der Waals surface area contributed by atoms with Gasteiger partial charge in [0.2, 0.25) is 0 Å². The topological polar surface area (TPSA) is 88.1 Å². The summed E-state index contributed by atoms with van der Waals surface area (Å²) in [7, 11) is 0. The van der Waals surface area contributed by atoms with Gasteiger partial charge in [0.25, 0.3) is 0 Å². The van der Waals surface area contributed by atoms with Crippen LogP contribution in [0.25, 0.3) is 0 Å². The highest BCUT2D eigenvalue weighted by Gasteiger charge is 2.87. The highest BCUT2D eigenvalue weighted by Crippen LogP contribution is 2.57. The summed E-state index contributed by atoms with van der Waals surface area (Å²) in [6, 6.07) is 5.08. The van der Waals surface area contributed by atoms with Gasteiger partial charge < -0.3 is 24.8 Å². The van der Waals surface area contributed by atoms with Crippen molar-refractivity contribution in [2.45, 2.75) is 55.9 Å². The third-order valence-electron chi connectivity index (χ3n) is 6.34. The Labute approximate surface area is 257 Å². The quantitative estimate of drug-likeness (QED) is 0.190. The van der Waals surface area contributed by atoms with E-state index in [-0.39, 0.29) is 23.7 Å². The van der Waals surface area contributed by atoms with Crippen LogP contribution in [0, 0.1) is 11.6 Å². The Kier molecular flexibility index (Phi) is 12.4. The summed E-state index contributed by atoms with van der Waals surface area (Å²) in [4.78, 5) is 23.5. The third kappa shape index (κ3) is 9.10. The number of aliphatic carboxylic acids is 1. The van der Waals surface area contributed by atoms with Crippen LogP contribution in [-0.4, -0.2) is 84.3 Å². The number of nitrogens with zero attached hydrogens (tertiary/aromatic N) is 1. The monoisotopic (exact) mass is 704 g/mol. The number of rotatable bonds is 16. The minimum atomic E-state index is -7.71. The molecule has 0 aliphatic rings. The second kappa shape index (κ2) is 14.8. The normalized spacial score (nSPS) is 13.7. The van der Waals surface area contributed by atoms with E-state index in [0.29, 0.717) is 17.7 Å². The number of hydrogen-bond donors (Lipinski definition) is 2. The fourth-order valence-corrected chi connectivity index (χ4v) is 3.77. The van der Waals surface area contributed by atoms with Crippen molar-refractivity contribution in [3.8, 4) is 5.75 Å².